The van der Waals surface area contributed by atoms with E-state index in [1.165, 1.54) is 18.9 Å². The Kier molecular flexibility index (Phi) is 3.12. The normalized spacial score (nSPS) is 29.2. The number of likely N-dealkylation sites (tertiary alicyclic amines) is 1. The molecule has 2 aliphatic rings. The molecule has 1 aromatic rings. The number of nitrogens with one attached hydrogen (secondary N) is 1. The summed E-state index contributed by atoms with van der Waals surface area (Å²) in [5.41, 5.74) is 1.09. The summed E-state index contributed by atoms with van der Waals surface area (Å²) in [4.78, 5) is 2.52. The van der Waals surface area contributed by atoms with Gasteiger partial charge in [-0.05, 0) is 49.5 Å². The van der Waals surface area contributed by atoms with E-state index in [0.717, 1.165) is 37.7 Å². The molecule has 0 bridgehead atoms. The van der Waals surface area contributed by atoms with Crippen LogP contribution in [0.3, 0.4) is 0 Å². The average molecular weight is 234 g/mol. The van der Waals surface area contributed by atoms with Gasteiger partial charge in [-0.1, -0.05) is 12.1 Å². The maximum absolute atomic E-state index is 13.2. The van der Waals surface area contributed by atoms with Crippen molar-refractivity contribution in [3.05, 3.63) is 35.6 Å². The van der Waals surface area contributed by atoms with Gasteiger partial charge < -0.3 is 5.32 Å². The summed E-state index contributed by atoms with van der Waals surface area (Å²) < 4.78 is 13.2. The molecular formula is C14H19FN2. The monoisotopic (exact) mass is 234 g/mol. The van der Waals surface area contributed by atoms with Gasteiger partial charge in [-0.25, -0.2) is 4.39 Å². The first kappa shape index (κ1) is 11.2. The van der Waals surface area contributed by atoms with Crippen LogP contribution >= 0.6 is 0 Å². The molecule has 3 rings (SSSR count). The Hall–Kier alpha value is -0.930. The van der Waals surface area contributed by atoms with Crippen LogP contribution in [0.1, 0.15) is 18.4 Å². The molecule has 2 atom stereocenters. The fraction of sp³-hybridized carbons (Fsp3) is 0.571. The van der Waals surface area contributed by atoms with Crippen LogP contribution in [0.25, 0.3) is 0 Å². The summed E-state index contributed by atoms with van der Waals surface area (Å²) >= 11 is 0. The van der Waals surface area contributed by atoms with Gasteiger partial charge in [-0.3, -0.25) is 4.90 Å². The molecule has 1 aromatic carbocycles. The van der Waals surface area contributed by atoms with Crippen molar-refractivity contribution in [2.24, 2.45) is 5.92 Å². The lowest BCUT2D eigenvalue weighted by atomic mass is 9.91. The molecule has 2 nitrogen and oxygen atoms in total. The molecule has 3 heteroatoms. The summed E-state index contributed by atoms with van der Waals surface area (Å²) in [6.45, 7) is 4.30. The Morgan fingerprint density at radius 3 is 3.18 bits per heavy atom. The van der Waals surface area contributed by atoms with Crippen LogP contribution in [0.5, 0.6) is 0 Å². The number of piperidine rings is 1. The molecular weight excluding hydrogens is 215 g/mol. The topological polar surface area (TPSA) is 15.3 Å². The van der Waals surface area contributed by atoms with E-state index >= 15 is 0 Å². The highest BCUT2D eigenvalue weighted by atomic mass is 19.1. The third-order valence-corrected chi connectivity index (χ3v) is 4.07. The van der Waals surface area contributed by atoms with Crippen molar-refractivity contribution in [1.82, 2.24) is 10.2 Å². The third-order valence-electron chi connectivity index (χ3n) is 4.07. The molecule has 17 heavy (non-hydrogen) atoms. The summed E-state index contributed by atoms with van der Waals surface area (Å²) in [5.74, 6) is 0.679. The first-order valence-electron chi connectivity index (χ1n) is 6.52. The summed E-state index contributed by atoms with van der Waals surface area (Å²) in [5, 5.41) is 3.48. The first-order chi connectivity index (χ1) is 8.33. The fourth-order valence-corrected chi connectivity index (χ4v) is 3.23. The summed E-state index contributed by atoms with van der Waals surface area (Å²) in [6.07, 6.45) is 2.62. The molecule has 2 unspecified atom stereocenters. The van der Waals surface area contributed by atoms with Crippen LogP contribution in [-0.4, -0.2) is 30.6 Å². The maximum atomic E-state index is 13.2. The Bertz CT molecular complexity index is 394. The van der Waals surface area contributed by atoms with E-state index < -0.39 is 0 Å². The Labute approximate surface area is 102 Å². The third kappa shape index (κ3) is 2.35. The summed E-state index contributed by atoms with van der Waals surface area (Å²) in [7, 11) is 0. The molecule has 0 saturated carbocycles. The Morgan fingerprint density at radius 1 is 1.35 bits per heavy atom. The van der Waals surface area contributed by atoms with Gasteiger partial charge in [-0.15, -0.1) is 0 Å². The van der Waals surface area contributed by atoms with Gasteiger partial charge in [0.15, 0.2) is 0 Å². The van der Waals surface area contributed by atoms with Crippen molar-refractivity contribution in [3.63, 3.8) is 0 Å². The van der Waals surface area contributed by atoms with Crippen molar-refractivity contribution in [2.75, 3.05) is 19.6 Å². The standard InChI is InChI=1S/C14H19FN2/c15-13-5-1-3-11(7-13)10-17-6-2-4-12-8-16-9-14(12)17/h1,3,5,7,12,14,16H,2,4,6,8-10H2. The Morgan fingerprint density at radius 2 is 2.29 bits per heavy atom. The summed E-state index contributed by atoms with van der Waals surface area (Å²) in [6, 6.07) is 7.66. The largest absolute Gasteiger partial charge is 0.315 e. The highest BCUT2D eigenvalue weighted by Crippen LogP contribution is 2.27. The predicted molar refractivity (Wildman–Crippen MR) is 66.2 cm³/mol. The van der Waals surface area contributed by atoms with Crippen molar-refractivity contribution in [3.8, 4) is 0 Å². The van der Waals surface area contributed by atoms with Crippen LogP contribution in [0.15, 0.2) is 24.3 Å². The molecule has 2 saturated heterocycles. The van der Waals surface area contributed by atoms with Crippen molar-refractivity contribution in [1.29, 1.82) is 0 Å². The van der Waals surface area contributed by atoms with Gasteiger partial charge in [0.1, 0.15) is 5.82 Å². The smallest absolute Gasteiger partial charge is 0.123 e. The maximum Gasteiger partial charge on any atom is 0.123 e. The quantitative estimate of drug-likeness (QED) is 0.842. The fourth-order valence-electron chi connectivity index (χ4n) is 3.23. The molecule has 2 fully saturated rings. The van der Waals surface area contributed by atoms with Crippen molar-refractivity contribution < 1.29 is 4.39 Å². The van der Waals surface area contributed by atoms with E-state index in [4.69, 9.17) is 0 Å². The van der Waals surface area contributed by atoms with E-state index in [-0.39, 0.29) is 5.82 Å². The SMILES string of the molecule is Fc1cccc(CN2CCCC3CNCC32)c1. The van der Waals surface area contributed by atoms with E-state index in [1.807, 2.05) is 6.07 Å². The first-order valence-corrected chi connectivity index (χ1v) is 6.52. The minimum absolute atomic E-state index is 0.124. The average Bonchev–Trinajstić information content (AvgIpc) is 2.78. The highest BCUT2D eigenvalue weighted by Gasteiger charge is 2.34. The van der Waals surface area contributed by atoms with Crippen molar-refractivity contribution in [2.45, 2.75) is 25.4 Å². The van der Waals surface area contributed by atoms with E-state index in [1.54, 1.807) is 12.1 Å². The molecule has 0 aromatic heterocycles. The van der Waals surface area contributed by atoms with Crippen LogP contribution in [0, 0.1) is 11.7 Å². The minimum Gasteiger partial charge on any atom is -0.315 e. The molecule has 0 spiro atoms. The molecule has 0 amide bonds. The number of rotatable bonds is 2. The lowest BCUT2D eigenvalue weighted by Crippen LogP contribution is -2.44. The lowest BCUT2D eigenvalue weighted by Gasteiger charge is -2.37. The number of hydrogen-bond acceptors (Lipinski definition) is 2. The number of benzene rings is 1. The molecule has 2 heterocycles. The number of fused-ring (bicyclic) bond motifs is 1. The number of halogens is 1. The lowest BCUT2D eigenvalue weighted by molar-refractivity contribution is 0.117. The predicted octanol–water partition coefficient (Wildman–Crippen LogP) is 2.01. The zero-order chi connectivity index (χ0) is 11.7. The van der Waals surface area contributed by atoms with Gasteiger partial charge in [-0.2, -0.15) is 0 Å². The van der Waals surface area contributed by atoms with E-state index in [9.17, 15) is 4.39 Å². The van der Waals surface area contributed by atoms with Crippen molar-refractivity contribution >= 4 is 0 Å². The van der Waals surface area contributed by atoms with Gasteiger partial charge >= 0.3 is 0 Å². The molecule has 0 aliphatic carbocycles. The minimum atomic E-state index is -0.124. The van der Waals surface area contributed by atoms with Crippen LogP contribution in [0.2, 0.25) is 0 Å². The highest BCUT2D eigenvalue weighted by molar-refractivity contribution is 5.16. The second-order valence-corrected chi connectivity index (χ2v) is 5.23. The van der Waals surface area contributed by atoms with Gasteiger partial charge in [0, 0.05) is 19.1 Å². The molecule has 1 N–H and O–H groups in total. The van der Waals surface area contributed by atoms with Gasteiger partial charge in [0.25, 0.3) is 0 Å². The zero-order valence-corrected chi connectivity index (χ0v) is 10.0. The Balaban J connectivity index is 1.71. The molecule has 92 valence electrons. The van der Waals surface area contributed by atoms with E-state index in [0.29, 0.717) is 6.04 Å². The number of hydrogen-bond donors (Lipinski definition) is 1. The number of nitrogens with zero attached hydrogens (tertiary/aromatic N) is 1. The van der Waals surface area contributed by atoms with E-state index in [2.05, 4.69) is 10.2 Å². The van der Waals surface area contributed by atoms with Crippen LogP contribution in [0.4, 0.5) is 4.39 Å². The molecule has 2 aliphatic heterocycles. The van der Waals surface area contributed by atoms with Gasteiger partial charge in [0.2, 0.25) is 0 Å². The van der Waals surface area contributed by atoms with Crippen LogP contribution in [-0.2, 0) is 6.54 Å². The molecule has 0 radical (unpaired) electrons. The second kappa shape index (κ2) is 4.75. The zero-order valence-electron chi connectivity index (χ0n) is 10.0. The second-order valence-electron chi connectivity index (χ2n) is 5.23. The van der Waals surface area contributed by atoms with Gasteiger partial charge in [0.05, 0.1) is 0 Å². The van der Waals surface area contributed by atoms with Crippen LogP contribution < -0.4 is 5.32 Å².